The van der Waals surface area contributed by atoms with Crippen molar-refractivity contribution >= 4 is 35.5 Å². The van der Waals surface area contributed by atoms with E-state index >= 15 is 9.59 Å². The average molecular weight is 1150 g/mol. The predicted octanol–water partition coefficient (Wildman–Crippen LogP) is 8.68. The van der Waals surface area contributed by atoms with Gasteiger partial charge in [0.2, 0.25) is 6.29 Å². The highest BCUT2D eigenvalue weighted by atomic mass is 16.7. The first kappa shape index (κ1) is 59.6. The number of Topliss-reactive ketones (excluding diaryl/α,β-unsaturated/α-hetero) is 2. The summed E-state index contributed by atoms with van der Waals surface area (Å²) in [6.45, 7) is 16.1. The molecule has 17 heteroatoms. The van der Waals surface area contributed by atoms with Gasteiger partial charge in [-0.25, -0.2) is 9.59 Å². The quantitative estimate of drug-likeness (QED) is 0.0271. The molecule has 11 rings (SSSR count). The maximum atomic E-state index is 16.1. The Morgan fingerprint density at radius 2 is 1.46 bits per heavy atom. The van der Waals surface area contributed by atoms with Gasteiger partial charge < -0.3 is 58.9 Å². The molecule has 7 aliphatic rings. The van der Waals surface area contributed by atoms with Crippen molar-refractivity contribution in [2.24, 2.45) is 11.8 Å². The number of fused-ring (bicyclic) bond motifs is 2. The lowest BCUT2D eigenvalue weighted by atomic mass is 9.51. The molecule has 1 spiro atoms. The van der Waals surface area contributed by atoms with Crippen molar-refractivity contribution in [2.75, 3.05) is 6.61 Å². The molecule has 1 saturated carbocycles. The number of hydrogen-bond acceptors (Lipinski definition) is 16. The summed E-state index contributed by atoms with van der Waals surface area (Å²) in [5, 5.41) is 43.2. The van der Waals surface area contributed by atoms with Crippen molar-refractivity contribution in [2.45, 2.75) is 160 Å². The number of rotatable bonds is 18. The standard InChI is InChI=1S/C67H73NO16/c1-36(2)17-16-30-65(9)31-29-46-56(82-65)45(27-22-37(3)4)58-50(57(46)81-62(77)39(6)68-60(75)42-23-25-44(26-24-42)78-63-54(73)53(72)52(71)48(35-69)79-63)51(70)47-33-43-34-49-64(7,8)84-66(59(43)74,67(47,49)83-58)32-28-38(5)61(76)80-55(40-18-12-10-13-19-40)41-20-14-11-15-21-41/h10-15,17-26,28-29,31,33,39,43,48-49,52-55,63,69,71-73H,16,27,30,32,34-35H2,1-9H3,(H,68,75)/t39?,43?,48-,49?,52-,53+,54-,63-,65?,66?,67?/m1/s1. The van der Waals surface area contributed by atoms with E-state index in [0.717, 1.165) is 22.3 Å². The van der Waals surface area contributed by atoms with E-state index in [9.17, 15) is 34.8 Å². The molecule has 6 unspecified atom stereocenters. The molecule has 5 N–H and O–H groups in total. The second kappa shape index (κ2) is 23.2. The van der Waals surface area contributed by atoms with Crippen LogP contribution in [0.1, 0.15) is 137 Å². The smallest absolute Gasteiger partial charge is 0.334 e. The molecular formula is C67H73NO16. The van der Waals surface area contributed by atoms with Crippen molar-refractivity contribution in [3.8, 4) is 23.0 Å². The van der Waals surface area contributed by atoms with Crippen molar-refractivity contribution < 1.29 is 77.6 Å². The van der Waals surface area contributed by atoms with Crippen molar-refractivity contribution in [1.29, 1.82) is 0 Å². The normalized spacial score (nSPS) is 28.1. The van der Waals surface area contributed by atoms with Crippen molar-refractivity contribution in [1.82, 2.24) is 5.32 Å². The van der Waals surface area contributed by atoms with Gasteiger partial charge in [-0.1, -0.05) is 96.1 Å². The largest absolute Gasteiger partial charge is 0.482 e. The molecule has 4 heterocycles. The van der Waals surface area contributed by atoms with Gasteiger partial charge in [0.05, 0.1) is 17.8 Å². The molecule has 4 aromatic rings. The molecule has 3 aliphatic carbocycles. The van der Waals surface area contributed by atoms with Gasteiger partial charge in [0.25, 0.3) is 5.91 Å². The maximum Gasteiger partial charge on any atom is 0.334 e. The summed E-state index contributed by atoms with van der Waals surface area (Å²) in [6, 6.07) is 23.1. The molecule has 17 nitrogen and oxygen atoms in total. The predicted molar refractivity (Wildman–Crippen MR) is 309 cm³/mol. The van der Waals surface area contributed by atoms with E-state index < -0.39 is 107 Å². The van der Waals surface area contributed by atoms with Gasteiger partial charge in [0.1, 0.15) is 58.9 Å². The van der Waals surface area contributed by atoms with Crippen LogP contribution in [0.5, 0.6) is 23.0 Å². The van der Waals surface area contributed by atoms with Gasteiger partial charge in [0.15, 0.2) is 34.6 Å². The zero-order valence-electron chi connectivity index (χ0n) is 48.7. The molecule has 0 radical (unpaired) electrons. The summed E-state index contributed by atoms with van der Waals surface area (Å²) in [4.78, 5) is 74.2. The van der Waals surface area contributed by atoms with E-state index in [2.05, 4.69) is 11.4 Å². The van der Waals surface area contributed by atoms with E-state index in [1.165, 1.54) is 31.2 Å². The second-order valence-electron chi connectivity index (χ2n) is 24.0. The Labute approximate surface area is 488 Å². The first-order chi connectivity index (χ1) is 39.9. The number of carbonyl (C=O) groups excluding carboxylic acids is 5. The fourth-order valence-corrected chi connectivity index (χ4v) is 12.6. The van der Waals surface area contributed by atoms with Crippen LogP contribution in [-0.2, 0) is 35.0 Å². The number of carbonyl (C=O) groups is 5. The van der Waals surface area contributed by atoms with Crippen LogP contribution in [0.25, 0.3) is 6.08 Å². The number of nitrogens with one attached hydrogen (secondary N) is 1. The second-order valence-corrected chi connectivity index (χ2v) is 24.0. The van der Waals surface area contributed by atoms with Crippen LogP contribution in [0.2, 0.25) is 0 Å². The lowest BCUT2D eigenvalue weighted by molar-refractivity contribution is -0.277. The van der Waals surface area contributed by atoms with Gasteiger partial charge >= 0.3 is 11.9 Å². The topological polar surface area (TPSA) is 243 Å². The summed E-state index contributed by atoms with van der Waals surface area (Å²) >= 11 is 0. The van der Waals surface area contributed by atoms with Crippen LogP contribution in [0, 0.1) is 11.8 Å². The number of benzene rings is 4. The lowest BCUT2D eigenvalue weighted by Gasteiger charge is -2.56. The number of ketones is 2. The minimum Gasteiger partial charge on any atom is -0.482 e. The molecule has 4 aliphatic heterocycles. The summed E-state index contributed by atoms with van der Waals surface area (Å²) in [5.74, 6) is -4.10. The third-order valence-corrected chi connectivity index (χ3v) is 17.0. The molecule has 3 fully saturated rings. The zero-order chi connectivity index (χ0) is 60.2. The summed E-state index contributed by atoms with van der Waals surface area (Å²) in [6.07, 6.45) is 4.35. The molecule has 4 aromatic carbocycles. The van der Waals surface area contributed by atoms with E-state index in [4.69, 9.17) is 33.2 Å². The van der Waals surface area contributed by atoms with E-state index in [0.29, 0.717) is 36.1 Å². The van der Waals surface area contributed by atoms with E-state index in [1.54, 1.807) is 25.2 Å². The number of allylic oxidation sites excluding steroid dienone is 5. The molecule has 4 bridgehead atoms. The Hall–Kier alpha value is -7.51. The first-order valence-electron chi connectivity index (χ1n) is 28.6. The SMILES string of the molecule is CC(C)=CCCC1(C)C=Cc2c(c(CC=C(C)C)c3c(c2OC(=O)C(C)NC(=O)c2ccc(O[C@@H]4O[C@H](CO)[C@@H](O)[C@H](O)[C@H]4O)cc2)C(=O)C2=CC4CC5C(C)(C)OC(CC=C(C)C(=O)OC(c6ccccc6)c6ccccc6)(C4=O)C25O3)O1. The van der Waals surface area contributed by atoms with Crippen LogP contribution in [0.3, 0.4) is 0 Å². The molecule has 84 heavy (non-hydrogen) atoms. The third kappa shape index (κ3) is 10.7. The highest BCUT2D eigenvalue weighted by Crippen LogP contribution is 2.69. The Morgan fingerprint density at radius 3 is 2.10 bits per heavy atom. The van der Waals surface area contributed by atoms with Crippen LogP contribution in [0.15, 0.2) is 138 Å². The van der Waals surface area contributed by atoms with E-state index in [-0.39, 0.29) is 58.1 Å². The fourth-order valence-electron chi connectivity index (χ4n) is 12.6. The zero-order valence-corrected chi connectivity index (χ0v) is 48.7. The lowest BCUT2D eigenvalue weighted by Crippen LogP contribution is -2.72. The van der Waals surface area contributed by atoms with Crippen LogP contribution in [0.4, 0.5) is 0 Å². The monoisotopic (exact) mass is 1150 g/mol. The Balaban J connectivity index is 1.01. The number of aliphatic hydroxyl groups excluding tert-OH is 4. The van der Waals surface area contributed by atoms with Crippen LogP contribution < -0.4 is 24.3 Å². The number of amides is 1. The van der Waals surface area contributed by atoms with Gasteiger partial charge in [-0.05, 0) is 136 Å². The van der Waals surface area contributed by atoms with E-state index in [1.807, 2.05) is 121 Å². The van der Waals surface area contributed by atoms with Crippen LogP contribution in [-0.4, -0.2) is 116 Å². The van der Waals surface area contributed by atoms with Crippen LogP contribution >= 0.6 is 0 Å². The van der Waals surface area contributed by atoms with Gasteiger partial charge in [-0.3, -0.25) is 14.4 Å². The van der Waals surface area contributed by atoms with Gasteiger partial charge in [0, 0.05) is 40.5 Å². The third-order valence-electron chi connectivity index (χ3n) is 17.0. The van der Waals surface area contributed by atoms with Gasteiger partial charge in [-0.15, -0.1) is 0 Å². The minimum absolute atomic E-state index is 0.0540. The number of ether oxygens (including phenoxy) is 7. The van der Waals surface area contributed by atoms with Crippen molar-refractivity contribution in [3.05, 3.63) is 171 Å². The number of aliphatic hydroxyl groups is 4. The average Bonchev–Trinajstić information content (AvgIpc) is 1.40. The number of esters is 2. The Morgan fingerprint density at radius 1 is 0.810 bits per heavy atom. The number of hydrogen-bond donors (Lipinski definition) is 5. The highest BCUT2D eigenvalue weighted by Gasteiger charge is 2.81. The summed E-state index contributed by atoms with van der Waals surface area (Å²) in [5.41, 5.74) is -0.696. The Bertz CT molecular complexity index is 3370. The van der Waals surface area contributed by atoms with Gasteiger partial charge in [-0.2, -0.15) is 0 Å². The maximum absolute atomic E-state index is 16.1. The summed E-state index contributed by atoms with van der Waals surface area (Å²) in [7, 11) is 0. The highest BCUT2D eigenvalue weighted by molar-refractivity contribution is 6.19. The first-order valence-corrected chi connectivity index (χ1v) is 28.6. The molecule has 11 atom stereocenters. The molecule has 2 saturated heterocycles. The summed E-state index contributed by atoms with van der Waals surface area (Å²) < 4.78 is 45.6. The van der Waals surface area contributed by atoms with Crippen molar-refractivity contribution in [3.63, 3.8) is 0 Å². The minimum atomic E-state index is -1.83. The fraction of sp³-hybridized carbons (Fsp3) is 0.418. The molecule has 1 amide bonds. The molecule has 0 aromatic heterocycles. The Kier molecular flexibility index (Phi) is 16.4. The molecule has 442 valence electrons. The molecular weight excluding hydrogens is 1070 g/mol.